The van der Waals surface area contributed by atoms with E-state index in [-0.39, 0.29) is 48.0 Å². The molecule has 12 nitrogen and oxygen atoms in total. The fourth-order valence-corrected chi connectivity index (χ4v) is 3.74. The minimum Gasteiger partial charge on any atom is -0.756 e. The van der Waals surface area contributed by atoms with Gasteiger partial charge in [-0.2, -0.15) is 4.99 Å². The number of nitrogens with zero attached hydrogens (tertiary/aromatic N) is 3. The van der Waals surface area contributed by atoms with Crippen LogP contribution in [0.4, 0.5) is 0 Å². The molecular formula is C10H11N5NaO7P-. The molecule has 0 aromatic carbocycles. The smallest absolute Gasteiger partial charge is 0.268 e. The Bertz CT molecular complexity index is 701. The molecule has 14 heteroatoms. The van der Waals surface area contributed by atoms with Crippen molar-refractivity contribution in [1.82, 2.24) is 10.2 Å². The summed E-state index contributed by atoms with van der Waals surface area (Å²) in [5, 5.41) is 20.0. The maximum absolute atomic E-state index is 11.8. The Kier molecular flexibility index (Phi) is 4.71. The second kappa shape index (κ2) is 6.24. The van der Waals surface area contributed by atoms with Crippen LogP contribution in [0.25, 0.3) is 0 Å². The van der Waals surface area contributed by atoms with Crippen molar-refractivity contribution < 1.29 is 33.1 Å². The van der Waals surface area contributed by atoms with Crippen LogP contribution in [0.15, 0.2) is 9.98 Å². The van der Waals surface area contributed by atoms with Crippen LogP contribution in [0.1, 0.15) is 0 Å². The molecule has 4 aliphatic rings. The summed E-state index contributed by atoms with van der Waals surface area (Å²) in [6.45, 7) is -0.282. The van der Waals surface area contributed by atoms with Crippen molar-refractivity contribution in [3.63, 3.8) is 0 Å². The van der Waals surface area contributed by atoms with Gasteiger partial charge in [-0.05, 0) is 0 Å². The van der Waals surface area contributed by atoms with E-state index in [1.807, 2.05) is 0 Å². The molecule has 2 saturated heterocycles. The zero-order valence-corrected chi connectivity index (χ0v) is 15.3. The van der Waals surface area contributed by atoms with E-state index in [9.17, 15) is 19.4 Å². The Hall–Kier alpha value is -0.690. The number of ether oxygens (including phenoxy) is 1. The van der Waals surface area contributed by atoms with Gasteiger partial charge in [-0.3, -0.25) is 30.0 Å². The molecule has 0 saturated carbocycles. The quantitative estimate of drug-likeness (QED) is 0.321. The third-order valence-corrected chi connectivity index (χ3v) is 4.76. The van der Waals surface area contributed by atoms with Crippen LogP contribution in [0, 0.1) is 5.41 Å². The summed E-state index contributed by atoms with van der Waals surface area (Å²) in [4.78, 5) is 32.3. The number of aliphatic hydroxyl groups excluding tert-OH is 1. The van der Waals surface area contributed by atoms with E-state index in [4.69, 9.17) is 14.7 Å². The number of carbonyl (C=O) groups excluding carboxylic acids is 1. The molecule has 24 heavy (non-hydrogen) atoms. The molecule has 4 heterocycles. The first-order chi connectivity index (χ1) is 10.9. The molecule has 1 radical (unpaired) electrons. The number of carbonyl (C=O) groups is 1. The molecular weight excluding hydrogens is 356 g/mol. The second-order valence-electron chi connectivity index (χ2n) is 5.25. The van der Waals surface area contributed by atoms with Crippen LogP contribution in [0.3, 0.4) is 0 Å². The van der Waals surface area contributed by atoms with Crippen LogP contribution in [0.2, 0.25) is 0 Å². The zero-order chi connectivity index (χ0) is 16.4. The molecule has 2 unspecified atom stereocenters. The number of aliphatic imine (C=N–C) groups is 2. The van der Waals surface area contributed by atoms with Gasteiger partial charge in [-0.1, -0.05) is 0 Å². The van der Waals surface area contributed by atoms with Gasteiger partial charge in [0, 0.05) is 29.6 Å². The van der Waals surface area contributed by atoms with Gasteiger partial charge in [0.25, 0.3) is 13.7 Å². The molecule has 125 valence electrons. The van der Waals surface area contributed by atoms with Crippen molar-refractivity contribution in [3.05, 3.63) is 0 Å². The molecule has 6 atom stereocenters. The topological polar surface area (TPSA) is 169 Å². The number of aliphatic hydroxyl groups is 1. The number of rotatable bonds is 1. The fourth-order valence-electron chi connectivity index (χ4n) is 2.79. The Morgan fingerprint density at radius 1 is 1.54 bits per heavy atom. The van der Waals surface area contributed by atoms with Crippen molar-refractivity contribution in [2.75, 3.05) is 6.61 Å². The molecule has 0 aliphatic carbocycles. The summed E-state index contributed by atoms with van der Waals surface area (Å²) in [5.41, 5.74) is 0. The molecule has 0 bridgehead atoms. The first-order valence-corrected chi connectivity index (χ1v) is 8.09. The number of fused-ring (bicyclic) bond motifs is 2. The third kappa shape index (κ3) is 2.87. The summed E-state index contributed by atoms with van der Waals surface area (Å²) < 4.78 is 26.2. The summed E-state index contributed by atoms with van der Waals surface area (Å²) >= 11 is 0. The van der Waals surface area contributed by atoms with Gasteiger partial charge in [0.2, 0.25) is 5.96 Å². The molecule has 4 rings (SSSR count). The van der Waals surface area contributed by atoms with E-state index in [0.29, 0.717) is 0 Å². The molecule has 4 aliphatic heterocycles. The van der Waals surface area contributed by atoms with Crippen LogP contribution in [-0.2, 0) is 23.1 Å². The van der Waals surface area contributed by atoms with E-state index in [1.165, 1.54) is 11.2 Å². The molecule has 0 aromatic heterocycles. The second-order valence-corrected chi connectivity index (χ2v) is 6.61. The average molecular weight is 367 g/mol. The number of hydrogen-bond donors (Lipinski definition) is 3. The van der Waals surface area contributed by atoms with Gasteiger partial charge in [0.05, 0.1) is 12.9 Å². The molecule has 2 fully saturated rings. The predicted octanol–water partition coefficient (Wildman–Crippen LogP) is -3.25. The number of phosphoric ester groups is 1. The number of hydrogen-bond acceptors (Lipinski definition) is 10. The number of amidine groups is 1. The van der Waals surface area contributed by atoms with Crippen LogP contribution in [-0.4, -0.2) is 101 Å². The van der Waals surface area contributed by atoms with E-state index >= 15 is 0 Å². The van der Waals surface area contributed by atoms with E-state index in [0.717, 1.165) is 0 Å². The van der Waals surface area contributed by atoms with E-state index in [2.05, 4.69) is 19.8 Å². The van der Waals surface area contributed by atoms with Crippen LogP contribution in [0.5, 0.6) is 0 Å². The number of amides is 1. The summed E-state index contributed by atoms with van der Waals surface area (Å²) in [6.07, 6.45) is -3.06. The summed E-state index contributed by atoms with van der Waals surface area (Å²) in [5.74, 6) is -0.759. The Morgan fingerprint density at radius 3 is 3.04 bits per heavy atom. The minimum absolute atomic E-state index is 0. The maximum Gasteiger partial charge on any atom is 0.268 e. The van der Waals surface area contributed by atoms with E-state index < -0.39 is 44.3 Å². The van der Waals surface area contributed by atoms with Gasteiger partial charge < -0.3 is 23.8 Å². The number of guanidine groups is 1. The summed E-state index contributed by atoms with van der Waals surface area (Å²) in [7, 11) is -4.47. The van der Waals surface area contributed by atoms with Crippen molar-refractivity contribution in [1.29, 1.82) is 5.41 Å². The molecule has 0 aromatic rings. The van der Waals surface area contributed by atoms with Crippen molar-refractivity contribution in [2.45, 2.75) is 30.6 Å². The van der Waals surface area contributed by atoms with Crippen molar-refractivity contribution in [3.8, 4) is 0 Å². The Morgan fingerprint density at radius 2 is 2.29 bits per heavy atom. The van der Waals surface area contributed by atoms with E-state index in [1.54, 1.807) is 0 Å². The fraction of sp³-hybridized carbons (Fsp3) is 0.600. The van der Waals surface area contributed by atoms with Gasteiger partial charge in [-0.25, -0.2) is 0 Å². The molecule has 0 spiro atoms. The largest absolute Gasteiger partial charge is 0.756 e. The van der Waals surface area contributed by atoms with Gasteiger partial charge in [0.1, 0.15) is 18.3 Å². The SMILES string of the molecule is N=C1N=C2C(N=CN2[C@@H]2O[C@@H]3COP(=O)([O-])O[C@H]3[C@H]2O)C(=O)N1.[Na]. The maximum atomic E-state index is 11.8. The molecule has 1 amide bonds. The predicted molar refractivity (Wildman–Crippen MR) is 76.3 cm³/mol. The third-order valence-electron chi connectivity index (χ3n) is 3.80. The summed E-state index contributed by atoms with van der Waals surface area (Å²) in [6, 6.07) is -0.940. The van der Waals surface area contributed by atoms with Crippen LogP contribution >= 0.6 is 7.82 Å². The van der Waals surface area contributed by atoms with Gasteiger partial charge in [-0.15, -0.1) is 0 Å². The van der Waals surface area contributed by atoms with Gasteiger partial charge >= 0.3 is 0 Å². The zero-order valence-electron chi connectivity index (χ0n) is 12.4. The normalized spacial score (nSPS) is 43.7. The monoisotopic (exact) mass is 367 g/mol. The first kappa shape index (κ1) is 18.1. The minimum atomic E-state index is -4.47. The van der Waals surface area contributed by atoms with Gasteiger partial charge in [0.15, 0.2) is 18.1 Å². The molecule has 3 N–H and O–H groups in total. The Labute approximate surface area is 157 Å². The van der Waals surface area contributed by atoms with Crippen molar-refractivity contribution in [2.24, 2.45) is 9.98 Å². The number of nitrogens with one attached hydrogen (secondary N) is 2. The van der Waals surface area contributed by atoms with Crippen LogP contribution < -0.4 is 10.2 Å². The van der Waals surface area contributed by atoms with Crippen molar-refractivity contribution >= 4 is 61.4 Å². The average Bonchev–Trinajstić information content (AvgIpc) is 3.00. The standard InChI is InChI=1S/C10H12N5O7P.Na/c11-10-13-7-4(8(17)14-10)12-2-15(7)9-5(16)6-3(21-9)1-20-23(18,19)22-6;/h2-6,9,16H,1H2,(H,18,19)(H2,11,14,17);/p-1/t3-,4?,5-,6-,9-;/m1./s1. The number of phosphoric acid groups is 1. The first-order valence-electron chi connectivity index (χ1n) is 6.63. The Balaban J connectivity index is 0.00000169.